The van der Waals surface area contributed by atoms with Gasteiger partial charge in [0.15, 0.2) is 0 Å². The molecule has 0 aromatic carbocycles. The van der Waals surface area contributed by atoms with Crippen LogP contribution in [0.25, 0.3) is 0 Å². The maximum absolute atomic E-state index is 5.48. The highest BCUT2D eigenvalue weighted by molar-refractivity contribution is 5.34. The zero-order chi connectivity index (χ0) is 12.5. The number of hydrogen-bond donors (Lipinski definition) is 1. The summed E-state index contributed by atoms with van der Waals surface area (Å²) in [6, 6.07) is 2.00. The van der Waals surface area contributed by atoms with Gasteiger partial charge >= 0.3 is 0 Å². The van der Waals surface area contributed by atoms with Crippen LogP contribution >= 0.6 is 0 Å². The molecule has 1 heterocycles. The standard InChI is InChI=1S/C13H23N3O/c1-4-12-9-13(16-10-15-12)14-7-5-6-8-17-11(2)3/h9-11H,4-8H2,1-3H3,(H,14,15,16). The molecule has 1 rings (SSSR count). The topological polar surface area (TPSA) is 47.0 Å². The summed E-state index contributed by atoms with van der Waals surface area (Å²) in [5, 5.41) is 3.30. The van der Waals surface area contributed by atoms with Crippen LogP contribution in [0.15, 0.2) is 12.4 Å². The number of aromatic nitrogens is 2. The van der Waals surface area contributed by atoms with Gasteiger partial charge in [0.1, 0.15) is 12.1 Å². The molecule has 0 aliphatic rings. The van der Waals surface area contributed by atoms with Gasteiger partial charge in [-0.1, -0.05) is 6.92 Å². The number of nitrogens with one attached hydrogen (secondary N) is 1. The van der Waals surface area contributed by atoms with Gasteiger partial charge in [-0.15, -0.1) is 0 Å². The van der Waals surface area contributed by atoms with Gasteiger partial charge < -0.3 is 10.1 Å². The van der Waals surface area contributed by atoms with Crippen LogP contribution < -0.4 is 5.32 Å². The fourth-order valence-electron chi connectivity index (χ4n) is 1.45. The molecule has 0 bridgehead atoms. The molecule has 1 N–H and O–H groups in total. The lowest BCUT2D eigenvalue weighted by Crippen LogP contribution is -2.08. The van der Waals surface area contributed by atoms with Crippen LogP contribution in [-0.2, 0) is 11.2 Å². The van der Waals surface area contributed by atoms with Crippen molar-refractivity contribution in [1.82, 2.24) is 9.97 Å². The van der Waals surface area contributed by atoms with Crippen LogP contribution in [0.5, 0.6) is 0 Å². The Morgan fingerprint density at radius 2 is 2.12 bits per heavy atom. The minimum absolute atomic E-state index is 0.330. The van der Waals surface area contributed by atoms with Crippen molar-refractivity contribution in [3.63, 3.8) is 0 Å². The SMILES string of the molecule is CCc1cc(NCCCCOC(C)C)ncn1. The average Bonchev–Trinajstić information content (AvgIpc) is 2.33. The lowest BCUT2D eigenvalue weighted by atomic mass is 10.3. The molecular formula is C13H23N3O. The Kier molecular flexibility index (Phi) is 6.55. The monoisotopic (exact) mass is 237 g/mol. The molecule has 1 aromatic rings. The third-order valence-corrected chi connectivity index (χ3v) is 2.41. The normalized spacial score (nSPS) is 10.8. The number of hydrogen-bond acceptors (Lipinski definition) is 4. The van der Waals surface area contributed by atoms with Crippen LogP contribution in [0, 0.1) is 0 Å². The predicted molar refractivity (Wildman–Crippen MR) is 70.2 cm³/mol. The molecule has 0 aliphatic carbocycles. The molecule has 0 amide bonds. The number of anilines is 1. The lowest BCUT2D eigenvalue weighted by Gasteiger charge is -2.08. The second kappa shape index (κ2) is 8.01. The molecule has 0 fully saturated rings. The van der Waals surface area contributed by atoms with Crippen molar-refractivity contribution in [2.45, 2.75) is 46.1 Å². The molecule has 0 aliphatic heterocycles. The molecule has 4 heteroatoms. The van der Waals surface area contributed by atoms with Crippen molar-refractivity contribution >= 4 is 5.82 Å². The summed E-state index contributed by atoms with van der Waals surface area (Å²) in [5.74, 6) is 0.918. The fraction of sp³-hybridized carbons (Fsp3) is 0.692. The van der Waals surface area contributed by atoms with E-state index in [2.05, 4.69) is 36.1 Å². The molecule has 4 nitrogen and oxygen atoms in total. The number of unbranched alkanes of at least 4 members (excludes halogenated alkanes) is 1. The van der Waals surface area contributed by atoms with Gasteiger partial charge in [0.05, 0.1) is 6.10 Å². The van der Waals surface area contributed by atoms with Crippen LogP contribution in [-0.4, -0.2) is 29.2 Å². The highest BCUT2D eigenvalue weighted by Gasteiger charge is 1.97. The number of nitrogens with zero attached hydrogens (tertiary/aromatic N) is 2. The van der Waals surface area contributed by atoms with Gasteiger partial charge in [-0.3, -0.25) is 0 Å². The van der Waals surface area contributed by atoms with E-state index in [1.807, 2.05) is 6.07 Å². The molecule has 0 saturated carbocycles. The second-order valence-corrected chi connectivity index (χ2v) is 4.30. The van der Waals surface area contributed by atoms with E-state index in [0.29, 0.717) is 6.10 Å². The maximum Gasteiger partial charge on any atom is 0.129 e. The molecule has 96 valence electrons. The van der Waals surface area contributed by atoms with E-state index in [0.717, 1.165) is 43.9 Å². The van der Waals surface area contributed by atoms with Gasteiger partial charge in [-0.2, -0.15) is 0 Å². The summed E-state index contributed by atoms with van der Waals surface area (Å²) >= 11 is 0. The summed E-state index contributed by atoms with van der Waals surface area (Å²) < 4.78 is 5.48. The molecular weight excluding hydrogens is 214 g/mol. The Morgan fingerprint density at radius 1 is 1.29 bits per heavy atom. The summed E-state index contributed by atoms with van der Waals surface area (Å²) in [6.45, 7) is 7.98. The Bertz CT molecular complexity index is 315. The Balaban J connectivity index is 2.13. The van der Waals surface area contributed by atoms with Gasteiger partial charge in [0.25, 0.3) is 0 Å². The van der Waals surface area contributed by atoms with Gasteiger partial charge in [-0.25, -0.2) is 9.97 Å². The predicted octanol–water partition coefficient (Wildman–Crippen LogP) is 2.66. The molecule has 0 radical (unpaired) electrons. The Hall–Kier alpha value is -1.16. The third kappa shape index (κ3) is 6.22. The third-order valence-electron chi connectivity index (χ3n) is 2.41. The van der Waals surface area contributed by atoms with E-state index < -0.39 is 0 Å². The van der Waals surface area contributed by atoms with Gasteiger partial charge in [0, 0.05) is 24.9 Å². The summed E-state index contributed by atoms with van der Waals surface area (Å²) in [5.41, 5.74) is 1.07. The van der Waals surface area contributed by atoms with Crippen molar-refractivity contribution in [3.8, 4) is 0 Å². The van der Waals surface area contributed by atoms with E-state index in [4.69, 9.17) is 4.74 Å². The Morgan fingerprint density at radius 3 is 2.82 bits per heavy atom. The van der Waals surface area contributed by atoms with E-state index in [9.17, 15) is 0 Å². The Labute approximate surface area is 104 Å². The largest absolute Gasteiger partial charge is 0.379 e. The van der Waals surface area contributed by atoms with Crippen molar-refractivity contribution in [1.29, 1.82) is 0 Å². The molecule has 0 unspecified atom stereocenters. The maximum atomic E-state index is 5.48. The van der Waals surface area contributed by atoms with Crippen LogP contribution in [0.3, 0.4) is 0 Å². The van der Waals surface area contributed by atoms with Crippen molar-refractivity contribution < 1.29 is 4.74 Å². The highest BCUT2D eigenvalue weighted by atomic mass is 16.5. The number of aryl methyl sites for hydroxylation is 1. The quantitative estimate of drug-likeness (QED) is 0.706. The van der Waals surface area contributed by atoms with Crippen LogP contribution in [0.4, 0.5) is 5.82 Å². The first-order valence-electron chi connectivity index (χ1n) is 6.38. The second-order valence-electron chi connectivity index (χ2n) is 4.30. The van der Waals surface area contributed by atoms with E-state index >= 15 is 0 Å². The summed E-state index contributed by atoms with van der Waals surface area (Å²) in [4.78, 5) is 8.34. The summed E-state index contributed by atoms with van der Waals surface area (Å²) in [7, 11) is 0. The van der Waals surface area contributed by atoms with Crippen LogP contribution in [0.2, 0.25) is 0 Å². The molecule has 17 heavy (non-hydrogen) atoms. The van der Waals surface area contributed by atoms with E-state index in [1.165, 1.54) is 0 Å². The first kappa shape index (κ1) is 13.9. The zero-order valence-corrected chi connectivity index (χ0v) is 11.1. The minimum atomic E-state index is 0.330. The molecule has 0 atom stereocenters. The summed E-state index contributed by atoms with van der Waals surface area (Å²) in [6.07, 6.45) is 5.06. The smallest absolute Gasteiger partial charge is 0.129 e. The zero-order valence-electron chi connectivity index (χ0n) is 11.1. The van der Waals surface area contributed by atoms with Crippen molar-refractivity contribution in [2.24, 2.45) is 0 Å². The number of rotatable bonds is 8. The highest BCUT2D eigenvalue weighted by Crippen LogP contribution is 2.04. The van der Waals surface area contributed by atoms with Gasteiger partial charge in [0.2, 0.25) is 0 Å². The molecule has 1 aromatic heterocycles. The number of ether oxygens (including phenoxy) is 1. The molecule has 0 spiro atoms. The fourth-order valence-corrected chi connectivity index (χ4v) is 1.45. The van der Waals surface area contributed by atoms with E-state index in [-0.39, 0.29) is 0 Å². The first-order valence-corrected chi connectivity index (χ1v) is 6.38. The van der Waals surface area contributed by atoms with Crippen molar-refractivity contribution in [2.75, 3.05) is 18.5 Å². The average molecular weight is 237 g/mol. The lowest BCUT2D eigenvalue weighted by molar-refractivity contribution is 0.0765. The van der Waals surface area contributed by atoms with Crippen molar-refractivity contribution in [3.05, 3.63) is 18.1 Å². The van der Waals surface area contributed by atoms with E-state index in [1.54, 1.807) is 6.33 Å². The minimum Gasteiger partial charge on any atom is -0.379 e. The van der Waals surface area contributed by atoms with Crippen LogP contribution in [0.1, 0.15) is 39.3 Å². The molecule has 0 saturated heterocycles. The first-order chi connectivity index (χ1) is 8.22. The van der Waals surface area contributed by atoms with Gasteiger partial charge in [-0.05, 0) is 33.1 Å².